The van der Waals surface area contributed by atoms with E-state index in [1.165, 1.54) is 0 Å². The molecule has 0 aromatic heterocycles. The van der Waals surface area contributed by atoms with Crippen molar-refractivity contribution in [3.63, 3.8) is 0 Å². The van der Waals surface area contributed by atoms with Gasteiger partial charge in [0.05, 0.1) is 5.54 Å². The van der Waals surface area contributed by atoms with Crippen LogP contribution in [0, 0.1) is 6.92 Å². The predicted octanol–water partition coefficient (Wildman–Crippen LogP) is 5.13. The summed E-state index contributed by atoms with van der Waals surface area (Å²) < 4.78 is 37.7. The fourth-order valence-electron chi connectivity index (χ4n) is 5.09. The van der Waals surface area contributed by atoms with E-state index in [4.69, 9.17) is 21.1 Å². The number of aryl methyl sites for hydroxylation is 1. The second-order valence-electron chi connectivity index (χ2n) is 9.95. The van der Waals surface area contributed by atoms with Crippen LogP contribution < -0.4 is 19.6 Å². The van der Waals surface area contributed by atoms with E-state index in [9.17, 15) is 8.42 Å². The summed E-state index contributed by atoms with van der Waals surface area (Å²) >= 11 is 5.59. The van der Waals surface area contributed by atoms with Gasteiger partial charge in [-0.05, 0) is 69.2 Å². The maximum Gasteiger partial charge on any atom is 0.339 e. The molecule has 182 valence electrons. The second-order valence-corrected chi connectivity index (χ2v) is 11.9. The summed E-state index contributed by atoms with van der Waals surface area (Å²) in [5.41, 5.74) is 2.23. The highest BCUT2D eigenvalue weighted by Gasteiger charge is 2.49. The average molecular weight is 509 g/mol. The molecule has 0 aliphatic carbocycles. The second kappa shape index (κ2) is 8.53. The van der Waals surface area contributed by atoms with Crippen molar-refractivity contribution in [1.82, 2.24) is 10.6 Å². The lowest BCUT2D eigenvalue weighted by Crippen LogP contribution is -2.65. The molecule has 0 bridgehead atoms. The van der Waals surface area contributed by atoms with Gasteiger partial charge in [-0.15, -0.1) is 0 Å². The first-order valence-electron chi connectivity index (χ1n) is 11.5. The third-order valence-electron chi connectivity index (χ3n) is 6.51. The van der Waals surface area contributed by atoms with E-state index < -0.39 is 15.7 Å². The van der Waals surface area contributed by atoms with E-state index in [1.54, 1.807) is 36.4 Å². The topological polar surface area (TPSA) is 76.7 Å². The number of hydrogen-bond donors (Lipinski definition) is 2. The van der Waals surface area contributed by atoms with Crippen molar-refractivity contribution in [2.24, 2.45) is 0 Å². The lowest BCUT2D eigenvalue weighted by atomic mass is 9.72. The molecule has 0 unspecified atom stereocenters. The Labute approximate surface area is 211 Å². The standard InChI is InChI=1S/C27H28N2O4S2/c1-18-9-12-21(13-10-18)35(30,31)33-20-11-14-22-23(15-20)32-24(19-7-5-4-6-8-19)16-27(22)17-26(2,3)28-25(34)29-27/h4-15,24H,16-17H2,1-3H3,(H2,28,29,34)/t24-,27-/m1/s1. The lowest BCUT2D eigenvalue weighted by Gasteiger charge is -2.51. The number of nitrogens with one attached hydrogen (secondary N) is 2. The predicted molar refractivity (Wildman–Crippen MR) is 139 cm³/mol. The van der Waals surface area contributed by atoms with Gasteiger partial charge < -0.3 is 19.6 Å². The van der Waals surface area contributed by atoms with Gasteiger partial charge in [0, 0.05) is 23.6 Å². The number of thiocarbonyl (C=S) groups is 1. The van der Waals surface area contributed by atoms with E-state index in [0.717, 1.165) is 23.1 Å². The number of benzene rings is 3. The van der Waals surface area contributed by atoms with Crippen molar-refractivity contribution in [1.29, 1.82) is 0 Å². The van der Waals surface area contributed by atoms with Gasteiger partial charge in [0.2, 0.25) is 0 Å². The average Bonchev–Trinajstić information content (AvgIpc) is 2.78. The van der Waals surface area contributed by atoms with Crippen LogP contribution in [-0.2, 0) is 15.7 Å². The molecular formula is C27H28N2O4S2. The minimum absolute atomic E-state index is 0.104. The molecule has 8 heteroatoms. The molecule has 0 radical (unpaired) electrons. The zero-order valence-corrected chi connectivity index (χ0v) is 21.5. The Morgan fingerprint density at radius 2 is 1.71 bits per heavy atom. The van der Waals surface area contributed by atoms with Crippen molar-refractivity contribution < 1.29 is 17.3 Å². The molecule has 2 heterocycles. The molecule has 1 fully saturated rings. The monoisotopic (exact) mass is 508 g/mol. The minimum atomic E-state index is -3.98. The fraction of sp³-hybridized carbons (Fsp3) is 0.296. The molecule has 0 amide bonds. The Hall–Kier alpha value is -3.10. The number of ether oxygens (including phenoxy) is 1. The van der Waals surface area contributed by atoms with E-state index in [0.29, 0.717) is 17.3 Å². The van der Waals surface area contributed by atoms with Gasteiger partial charge >= 0.3 is 10.1 Å². The first-order valence-corrected chi connectivity index (χ1v) is 13.3. The maximum absolute atomic E-state index is 12.9. The molecule has 1 spiro atoms. The van der Waals surface area contributed by atoms with Crippen LogP contribution in [0.3, 0.4) is 0 Å². The van der Waals surface area contributed by atoms with E-state index in [2.05, 4.69) is 24.5 Å². The third-order valence-corrected chi connectivity index (χ3v) is 7.97. The Balaban J connectivity index is 1.55. The zero-order chi connectivity index (χ0) is 24.8. The van der Waals surface area contributed by atoms with E-state index >= 15 is 0 Å². The van der Waals surface area contributed by atoms with Crippen LogP contribution in [0.5, 0.6) is 11.5 Å². The van der Waals surface area contributed by atoms with Gasteiger partial charge in [0.15, 0.2) is 5.11 Å². The fourth-order valence-corrected chi connectivity index (χ4v) is 6.48. The van der Waals surface area contributed by atoms with Crippen molar-refractivity contribution in [3.05, 3.63) is 89.5 Å². The highest BCUT2D eigenvalue weighted by molar-refractivity contribution is 7.87. The molecule has 3 aromatic carbocycles. The van der Waals surface area contributed by atoms with Gasteiger partial charge in [-0.25, -0.2) is 0 Å². The highest BCUT2D eigenvalue weighted by atomic mass is 32.2. The Morgan fingerprint density at radius 3 is 2.40 bits per heavy atom. The lowest BCUT2D eigenvalue weighted by molar-refractivity contribution is 0.0871. The van der Waals surface area contributed by atoms with Crippen LogP contribution in [-0.4, -0.2) is 19.1 Å². The molecule has 2 N–H and O–H groups in total. The number of fused-ring (bicyclic) bond motifs is 2. The van der Waals surface area contributed by atoms with E-state index in [1.807, 2.05) is 43.3 Å². The van der Waals surface area contributed by atoms with Gasteiger partial charge in [0.25, 0.3) is 0 Å². The molecule has 2 aliphatic heterocycles. The first kappa shape index (κ1) is 23.6. The Kier molecular flexibility index (Phi) is 5.76. The summed E-state index contributed by atoms with van der Waals surface area (Å²) in [5, 5.41) is 7.46. The van der Waals surface area contributed by atoms with Crippen molar-refractivity contribution in [3.8, 4) is 11.5 Å². The Bertz CT molecular complexity index is 1370. The minimum Gasteiger partial charge on any atom is -0.485 e. The first-order chi connectivity index (χ1) is 16.6. The molecule has 2 aliphatic rings. The SMILES string of the molecule is Cc1ccc(S(=O)(=O)Oc2ccc3c(c2)O[C@@H](c2ccccc2)C[C@@]32CC(C)(C)NC(=S)N2)cc1. The van der Waals surface area contributed by atoms with Crippen molar-refractivity contribution in [2.45, 2.75) is 55.7 Å². The summed E-state index contributed by atoms with van der Waals surface area (Å²) in [6.07, 6.45) is 1.20. The largest absolute Gasteiger partial charge is 0.485 e. The Morgan fingerprint density at radius 1 is 1.00 bits per heavy atom. The molecule has 3 aromatic rings. The van der Waals surface area contributed by atoms with Gasteiger partial charge in [-0.2, -0.15) is 8.42 Å². The van der Waals surface area contributed by atoms with Crippen LogP contribution in [0.25, 0.3) is 0 Å². The van der Waals surface area contributed by atoms with Gasteiger partial charge in [-0.3, -0.25) is 0 Å². The summed E-state index contributed by atoms with van der Waals surface area (Å²) in [4.78, 5) is 0.104. The van der Waals surface area contributed by atoms with Crippen molar-refractivity contribution in [2.75, 3.05) is 0 Å². The number of rotatable bonds is 4. The zero-order valence-electron chi connectivity index (χ0n) is 19.9. The molecule has 2 atom stereocenters. The number of hydrogen-bond acceptors (Lipinski definition) is 5. The molecule has 6 nitrogen and oxygen atoms in total. The summed E-state index contributed by atoms with van der Waals surface area (Å²) in [6, 6.07) is 21.8. The highest BCUT2D eigenvalue weighted by Crippen LogP contribution is 2.50. The quantitative estimate of drug-likeness (QED) is 0.374. The normalized spacial score (nSPS) is 22.9. The van der Waals surface area contributed by atoms with Crippen molar-refractivity contribution >= 4 is 27.4 Å². The smallest absolute Gasteiger partial charge is 0.339 e. The summed E-state index contributed by atoms with van der Waals surface area (Å²) in [6.45, 7) is 6.15. The third kappa shape index (κ3) is 4.73. The van der Waals surface area contributed by atoms with Crippen LogP contribution in [0.2, 0.25) is 0 Å². The van der Waals surface area contributed by atoms with Crippen LogP contribution in [0.4, 0.5) is 0 Å². The van der Waals surface area contributed by atoms with Crippen LogP contribution >= 0.6 is 12.2 Å². The molecule has 0 saturated carbocycles. The van der Waals surface area contributed by atoms with Crippen LogP contribution in [0.15, 0.2) is 77.7 Å². The maximum atomic E-state index is 12.9. The molecule has 1 saturated heterocycles. The molecular weight excluding hydrogens is 480 g/mol. The van der Waals surface area contributed by atoms with Gasteiger partial charge in [0.1, 0.15) is 22.5 Å². The summed E-state index contributed by atoms with van der Waals surface area (Å²) in [7, 11) is -3.98. The van der Waals surface area contributed by atoms with E-state index in [-0.39, 0.29) is 22.3 Å². The van der Waals surface area contributed by atoms with Gasteiger partial charge in [-0.1, -0.05) is 48.0 Å². The molecule has 35 heavy (non-hydrogen) atoms. The molecule has 5 rings (SSSR count). The summed E-state index contributed by atoms with van der Waals surface area (Å²) in [5.74, 6) is 0.777. The van der Waals surface area contributed by atoms with Crippen LogP contribution in [0.1, 0.15) is 49.5 Å².